The van der Waals surface area contributed by atoms with Crippen LogP contribution in [0.4, 0.5) is 0 Å². The van der Waals surface area contributed by atoms with Crippen molar-refractivity contribution in [3.63, 3.8) is 0 Å². The molecule has 0 radical (unpaired) electrons. The van der Waals surface area contributed by atoms with Gasteiger partial charge in [0.05, 0.1) is 12.3 Å². The highest BCUT2D eigenvalue weighted by atomic mass is 35.5. The third kappa shape index (κ3) is 5.75. The molecule has 1 N–H and O–H groups in total. The zero-order valence-corrected chi connectivity index (χ0v) is 12.7. The van der Waals surface area contributed by atoms with Crippen LogP contribution >= 0.6 is 11.6 Å². The zero-order chi connectivity index (χ0) is 14.8. The molecule has 1 rings (SSSR count). The summed E-state index contributed by atoms with van der Waals surface area (Å²) in [5.74, 6) is -0.476. The Morgan fingerprint density at radius 1 is 1.47 bits per heavy atom. The van der Waals surface area contributed by atoms with Gasteiger partial charge in [0.15, 0.2) is 5.69 Å². The molecule has 0 spiro atoms. The van der Waals surface area contributed by atoms with Gasteiger partial charge in [0, 0.05) is 10.6 Å². The van der Waals surface area contributed by atoms with E-state index in [0.717, 1.165) is 0 Å². The summed E-state index contributed by atoms with van der Waals surface area (Å²) in [6, 6.07) is 0. The fourth-order valence-electron chi connectivity index (χ4n) is 1.22. The van der Waals surface area contributed by atoms with Gasteiger partial charge in [-0.2, -0.15) is 5.10 Å². The minimum Gasteiger partial charge on any atom is -0.461 e. The number of hydrogen-bond donors (Lipinski definition) is 1. The van der Waals surface area contributed by atoms with Gasteiger partial charge < -0.3 is 4.74 Å². The number of ether oxygens (including phenoxy) is 1. The molecule has 1 aromatic rings. The molecule has 0 aliphatic rings. The van der Waals surface area contributed by atoms with Crippen LogP contribution in [0.25, 0.3) is 12.2 Å². The lowest BCUT2D eigenvalue weighted by molar-refractivity contribution is 0.0519. The Bertz CT molecular complexity index is 446. The standard InChI is InChI=1S/C11H13ClN2O2.C3H8/c1-4-9-8(6-7(3)12)10(14-13-9)11(15)16-5-2;1-3-2/h4,6H,1,5H2,2-3H3,(H,13,14);3H2,1-2H3/b7-6+;. The Kier molecular flexibility index (Phi) is 8.62. The summed E-state index contributed by atoms with van der Waals surface area (Å²) in [4.78, 5) is 11.6. The second-order valence-corrected chi connectivity index (χ2v) is 4.36. The van der Waals surface area contributed by atoms with Crippen molar-refractivity contribution in [3.05, 3.63) is 28.6 Å². The van der Waals surface area contributed by atoms with Crippen molar-refractivity contribution in [3.8, 4) is 0 Å². The summed E-state index contributed by atoms with van der Waals surface area (Å²) < 4.78 is 4.88. The molecule has 0 atom stereocenters. The molecular formula is C14H21ClN2O2. The maximum Gasteiger partial charge on any atom is 0.359 e. The number of esters is 1. The van der Waals surface area contributed by atoms with Crippen molar-refractivity contribution in [1.82, 2.24) is 10.2 Å². The summed E-state index contributed by atoms with van der Waals surface area (Å²) in [5.41, 5.74) is 1.46. The minimum absolute atomic E-state index is 0.219. The molecule has 0 aliphatic heterocycles. The number of carbonyl (C=O) groups is 1. The highest BCUT2D eigenvalue weighted by Gasteiger charge is 2.17. The molecular weight excluding hydrogens is 264 g/mol. The number of allylic oxidation sites excluding steroid dienone is 1. The van der Waals surface area contributed by atoms with Crippen LogP contribution < -0.4 is 0 Å². The smallest absolute Gasteiger partial charge is 0.359 e. The number of H-pyrrole nitrogens is 1. The first-order valence-electron chi connectivity index (χ1n) is 6.23. The number of hydrogen-bond acceptors (Lipinski definition) is 3. The van der Waals surface area contributed by atoms with E-state index in [1.165, 1.54) is 6.42 Å². The Morgan fingerprint density at radius 3 is 2.47 bits per heavy atom. The Hall–Kier alpha value is -1.55. The van der Waals surface area contributed by atoms with E-state index in [4.69, 9.17) is 16.3 Å². The van der Waals surface area contributed by atoms with Crippen LogP contribution in [0, 0.1) is 0 Å². The lowest BCUT2D eigenvalue weighted by Crippen LogP contribution is -2.06. The lowest BCUT2D eigenvalue weighted by Gasteiger charge is -1.99. The van der Waals surface area contributed by atoms with E-state index in [0.29, 0.717) is 22.9 Å². The Labute approximate surface area is 119 Å². The number of aromatic nitrogens is 2. The fraction of sp³-hybridized carbons (Fsp3) is 0.429. The van der Waals surface area contributed by atoms with Crippen molar-refractivity contribution in [2.75, 3.05) is 6.61 Å². The minimum atomic E-state index is -0.476. The average molecular weight is 285 g/mol. The van der Waals surface area contributed by atoms with Crippen LogP contribution in [-0.2, 0) is 4.74 Å². The van der Waals surface area contributed by atoms with E-state index >= 15 is 0 Å². The number of nitrogens with zero attached hydrogens (tertiary/aromatic N) is 1. The monoisotopic (exact) mass is 284 g/mol. The molecule has 0 aromatic carbocycles. The topological polar surface area (TPSA) is 55.0 Å². The second kappa shape index (κ2) is 9.39. The van der Waals surface area contributed by atoms with Crippen molar-refractivity contribution in [1.29, 1.82) is 0 Å². The maximum absolute atomic E-state index is 11.6. The summed E-state index contributed by atoms with van der Waals surface area (Å²) in [6.45, 7) is 11.6. The fourth-order valence-corrected chi connectivity index (χ4v) is 1.33. The molecule has 0 unspecified atom stereocenters. The molecule has 1 aromatic heterocycles. The van der Waals surface area contributed by atoms with Crippen LogP contribution in [0.2, 0.25) is 0 Å². The summed E-state index contributed by atoms with van der Waals surface area (Å²) in [6.07, 6.45) is 4.47. The first-order valence-corrected chi connectivity index (χ1v) is 6.61. The number of carbonyl (C=O) groups excluding carboxylic acids is 1. The predicted molar refractivity (Wildman–Crippen MR) is 80.1 cm³/mol. The maximum atomic E-state index is 11.6. The normalized spacial score (nSPS) is 10.5. The van der Waals surface area contributed by atoms with E-state index < -0.39 is 5.97 Å². The van der Waals surface area contributed by atoms with Gasteiger partial charge in [-0.25, -0.2) is 4.79 Å². The summed E-state index contributed by atoms with van der Waals surface area (Å²) in [5, 5.41) is 7.13. The van der Waals surface area contributed by atoms with Crippen LogP contribution in [0.1, 0.15) is 55.9 Å². The van der Waals surface area contributed by atoms with Crippen LogP contribution in [0.5, 0.6) is 0 Å². The third-order valence-corrected chi connectivity index (χ3v) is 1.96. The summed E-state index contributed by atoms with van der Waals surface area (Å²) in [7, 11) is 0. The van der Waals surface area contributed by atoms with Crippen molar-refractivity contribution in [2.45, 2.75) is 34.1 Å². The first kappa shape index (κ1) is 17.4. The Morgan fingerprint density at radius 2 is 2.05 bits per heavy atom. The molecule has 0 amide bonds. The van der Waals surface area contributed by atoms with Crippen LogP contribution in [-0.4, -0.2) is 22.8 Å². The van der Waals surface area contributed by atoms with E-state index in [1.807, 2.05) is 0 Å². The van der Waals surface area contributed by atoms with E-state index in [9.17, 15) is 4.79 Å². The molecule has 0 fully saturated rings. The van der Waals surface area contributed by atoms with E-state index in [-0.39, 0.29) is 5.69 Å². The number of halogens is 1. The summed E-state index contributed by atoms with van der Waals surface area (Å²) >= 11 is 5.78. The van der Waals surface area contributed by atoms with Gasteiger partial charge in [0.1, 0.15) is 0 Å². The largest absolute Gasteiger partial charge is 0.461 e. The van der Waals surface area contributed by atoms with E-state index in [2.05, 4.69) is 30.6 Å². The molecule has 106 valence electrons. The van der Waals surface area contributed by atoms with E-state index in [1.54, 1.807) is 26.0 Å². The first-order chi connectivity index (χ1) is 9.01. The number of rotatable bonds is 4. The molecule has 5 heteroatoms. The van der Waals surface area contributed by atoms with Gasteiger partial charge in [-0.1, -0.05) is 38.4 Å². The second-order valence-electron chi connectivity index (χ2n) is 3.76. The van der Waals surface area contributed by atoms with Gasteiger partial charge >= 0.3 is 5.97 Å². The molecule has 0 saturated heterocycles. The van der Waals surface area contributed by atoms with Gasteiger partial charge in [0.25, 0.3) is 0 Å². The molecule has 0 aliphatic carbocycles. The van der Waals surface area contributed by atoms with Gasteiger partial charge in [-0.15, -0.1) is 0 Å². The SMILES string of the molecule is C=Cc1[nH]nc(C(=O)OCC)c1/C=C(\C)Cl.CCC. The molecule has 4 nitrogen and oxygen atoms in total. The van der Waals surface area contributed by atoms with Gasteiger partial charge in [0.2, 0.25) is 0 Å². The zero-order valence-electron chi connectivity index (χ0n) is 11.9. The predicted octanol–water partition coefficient (Wildman–Crippen LogP) is 4.25. The Balaban J connectivity index is 0.000000982. The number of nitrogens with one attached hydrogen (secondary N) is 1. The highest BCUT2D eigenvalue weighted by molar-refractivity contribution is 6.31. The van der Waals surface area contributed by atoms with Crippen molar-refractivity contribution >= 4 is 29.7 Å². The van der Waals surface area contributed by atoms with Crippen molar-refractivity contribution in [2.24, 2.45) is 0 Å². The molecule has 1 heterocycles. The van der Waals surface area contributed by atoms with Crippen molar-refractivity contribution < 1.29 is 9.53 Å². The average Bonchev–Trinajstić information content (AvgIpc) is 2.72. The van der Waals surface area contributed by atoms with Gasteiger partial charge in [-0.05, 0) is 26.0 Å². The van der Waals surface area contributed by atoms with Crippen LogP contribution in [0.3, 0.4) is 0 Å². The quantitative estimate of drug-likeness (QED) is 0.841. The number of aromatic amines is 1. The molecule has 0 saturated carbocycles. The van der Waals surface area contributed by atoms with Crippen LogP contribution in [0.15, 0.2) is 11.6 Å². The molecule has 0 bridgehead atoms. The lowest BCUT2D eigenvalue weighted by atomic mass is 10.1. The third-order valence-electron chi connectivity index (χ3n) is 1.85. The highest BCUT2D eigenvalue weighted by Crippen LogP contribution is 2.18. The molecule has 19 heavy (non-hydrogen) atoms. The van der Waals surface area contributed by atoms with Gasteiger partial charge in [-0.3, -0.25) is 5.10 Å².